The van der Waals surface area contributed by atoms with E-state index in [9.17, 15) is 0 Å². The standard InChI is InChI=1S/C27H41N5O/c1-2-3-4-7-10-19-33-25-13-11-23(12-14-25)20-31-21-24(22-31)29-27-28-16-15-26(30-27)32-17-8-5-6-9-18-32/h11-16,24H,2-10,17-22H2,1H3,(H,28,29,30). The number of aromatic nitrogens is 2. The van der Waals surface area contributed by atoms with Gasteiger partial charge in [0.2, 0.25) is 5.95 Å². The van der Waals surface area contributed by atoms with Gasteiger partial charge in [-0.05, 0) is 43.0 Å². The highest BCUT2D eigenvalue weighted by Crippen LogP contribution is 2.21. The Morgan fingerprint density at radius 2 is 1.70 bits per heavy atom. The van der Waals surface area contributed by atoms with Crippen molar-refractivity contribution in [1.82, 2.24) is 14.9 Å². The van der Waals surface area contributed by atoms with Gasteiger partial charge < -0.3 is 15.0 Å². The van der Waals surface area contributed by atoms with Gasteiger partial charge in [0.1, 0.15) is 11.6 Å². The van der Waals surface area contributed by atoms with Gasteiger partial charge in [0.25, 0.3) is 0 Å². The largest absolute Gasteiger partial charge is 0.494 e. The summed E-state index contributed by atoms with van der Waals surface area (Å²) < 4.78 is 5.89. The fourth-order valence-electron chi connectivity index (χ4n) is 4.71. The number of anilines is 2. The molecule has 1 N–H and O–H groups in total. The number of rotatable bonds is 12. The van der Waals surface area contributed by atoms with Crippen molar-refractivity contribution in [3.05, 3.63) is 42.1 Å². The first kappa shape index (κ1) is 23.8. The van der Waals surface area contributed by atoms with Gasteiger partial charge in [-0.25, -0.2) is 4.98 Å². The summed E-state index contributed by atoms with van der Waals surface area (Å²) in [5, 5.41) is 3.53. The van der Waals surface area contributed by atoms with E-state index < -0.39 is 0 Å². The third kappa shape index (κ3) is 7.60. The maximum Gasteiger partial charge on any atom is 0.224 e. The Labute approximate surface area is 199 Å². The fourth-order valence-corrected chi connectivity index (χ4v) is 4.71. The highest BCUT2D eigenvalue weighted by Gasteiger charge is 2.27. The molecule has 0 radical (unpaired) electrons. The van der Waals surface area contributed by atoms with E-state index in [1.54, 1.807) is 0 Å². The lowest BCUT2D eigenvalue weighted by atomic mass is 10.1. The van der Waals surface area contributed by atoms with Crippen LogP contribution >= 0.6 is 0 Å². The predicted octanol–water partition coefficient (Wildman–Crippen LogP) is 5.50. The van der Waals surface area contributed by atoms with Crippen molar-refractivity contribution in [3.8, 4) is 5.75 Å². The normalized spacial score (nSPS) is 17.4. The van der Waals surface area contributed by atoms with E-state index in [4.69, 9.17) is 9.72 Å². The van der Waals surface area contributed by atoms with Crippen molar-refractivity contribution < 1.29 is 4.74 Å². The van der Waals surface area contributed by atoms with Crippen LogP contribution in [-0.2, 0) is 6.54 Å². The van der Waals surface area contributed by atoms with Crippen LogP contribution in [0, 0.1) is 0 Å². The summed E-state index contributed by atoms with van der Waals surface area (Å²) in [6.07, 6.45) is 13.4. The first-order valence-corrected chi connectivity index (χ1v) is 13.1. The Hall–Kier alpha value is -2.34. The maximum atomic E-state index is 5.89. The second kappa shape index (κ2) is 12.8. The number of likely N-dealkylation sites (tertiary alicyclic amines) is 1. The Morgan fingerprint density at radius 1 is 0.939 bits per heavy atom. The van der Waals surface area contributed by atoms with E-state index in [-0.39, 0.29) is 0 Å². The molecule has 4 rings (SSSR count). The van der Waals surface area contributed by atoms with Crippen LogP contribution in [0.3, 0.4) is 0 Å². The van der Waals surface area contributed by atoms with Crippen LogP contribution in [0.1, 0.15) is 70.3 Å². The molecule has 2 saturated heterocycles. The average molecular weight is 452 g/mol. The minimum atomic E-state index is 0.416. The molecule has 0 aliphatic carbocycles. The fraction of sp³-hybridized carbons (Fsp3) is 0.630. The molecule has 2 aromatic rings. The maximum absolute atomic E-state index is 5.89. The topological polar surface area (TPSA) is 53.5 Å². The molecule has 180 valence electrons. The monoisotopic (exact) mass is 451 g/mol. The van der Waals surface area contributed by atoms with Crippen LogP contribution in [0.25, 0.3) is 0 Å². The molecule has 1 aromatic heterocycles. The van der Waals surface area contributed by atoms with Crippen LogP contribution in [0.4, 0.5) is 11.8 Å². The SMILES string of the molecule is CCCCCCCOc1ccc(CN2CC(Nc3nccc(N4CCCCCC4)n3)C2)cc1. The van der Waals surface area contributed by atoms with Crippen molar-refractivity contribution in [1.29, 1.82) is 0 Å². The van der Waals surface area contributed by atoms with Gasteiger partial charge in [0, 0.05) is 38.9 Å². The van der Waals surface area contributed by atoms with Gasteiger partial charge in [-0.3, -0.25) is 4.90 Å². The van der Waals surface area contributed by atoms with Crippen molar-refractivity contribution in [3.63, 3.8) is 0 Å². The molecular weight excluding hydrogens is 410 g/mol. The summed E-state index contributed by atoms with van der Waals surface area (Å²) in [4.78, 5) is 14.1. The Morgan fingerprint density at radius 3 is 2.45 bits per heavy atom. The molecule has 2 aliphatic rings. The minimum Gasteiger partial charge on any atom is -0.494 e. The Bertz CT molecular complexity index is 814. The van der Waals surface area contributed by atoms with Gasteiger partial charge in [-0.1, -0.05) is 57.6 Å². The minimum absolute atomic E-state index is 0.416. The van der Waals surface area contributed by atoms with Crippen molar-refractivity contribution in [2.24, 2.45) is 0 Å². The van der Waals surface area contributed by atoms with Crippen LogP contribution < -0.4 is 15.0 Å². The molecule has 3 heterocycles. The summed E-state index contributed by atoms with van der Waals surface area (Å²) in [6.45, 7) is 8.31. The Balaban J connectivity index is 1.15. The lowest BCUT2D eigenvalue weighted by Gasteiger charge is -2.39. The second-order valence-corrected chi connectivity index (χ2v) is 9.58. The molecule has 0 bridgehead atoms. The first-order chi connectivity index (χ1) is 16.3. The van der Waals surface area contributed by atoms with Gasteiger partial charge in [0.05, 0.1) is 12.6 Å². The number of hydrogen-bond donors (Lipinski definition) is 1. The predicted molar refractivity (Wildman–Crippen MR) is 136 cm³/mol. The summed E-state index contributed by atoms with van der Waals surface area (Å²) in [5.74, 6) is 2.81. The van der Waals surface area contributed by atoms with Crippen molar-refractivity contribution >= 4 is 11.8 Å². The average Bonchev–Trinajstić information content (AvgIpc) is 3.11. The van der Waals surface area contributed by atoms with E-state index in [0.717, 1.165) is 63.3 Å². The van der Waals surface area contributed by atoms with E-state index in [0.29, 0.717) is 6.04 Å². The number of ether oxygens (including phenoxy) is 1. The van der Waals surface area contributed by atoms with Crippen LogP contribution in [0.2, 0.25) is 0 Å². The van der Waals surface area contributed by atoms with E-state index in [1.807, 2.05) is 12.3 Å². The highest BCUT2D eigenvalue weighted by molar-refractivity contribution is 5.43. The van der Waals surface area contributed by atoms with Gasteiger partial charge in [0.15, 0.2) is 0 Å². The number of nitrogens with one attached hydrogen (secondary N) is 1. The van der Waals surface area contributed by atoms with Crippen LogP contribution in [0.15, 0.2) is 36.5 Å². The summed E-state index contributed by atoms with van der Waals surface area (Å²) in [6, 6.07) is 11.1. The molecule has 1 aromatic carbocycles. The lowest BCUT2D eigenvalue weighted by Crippen LogP contribution is -2.54. The van der Waals surface area contributed by atoms with E-state index >= 15 is 0 Å². The Kier molecular flexibility index (Phi) is 9.22. The molecule has 2 fully saturated rings. The van der Waals surface area contributed by atoms with E-state index in [1.165, 1.54) is 56.9 Å². The van der Waals surface area contributed by atoms with Crippen LogP contribution in [0.5, 0.6) is 5.75 Å². The molecule has 0 amide bonds. The van der Waals surface area contributed by atoms with Gasteiger partial charge >= 0.3 is 0 Å². The molecule has 6 heteroatoms. The summed E-state index contributed by atoms with van der Waals surface area (Å²) >= 11 is 0. The summed E-state index contributed by atoms with van der Waals surface area (Å²) in [7, 11) is 0. The molecule has 0 unspecified atom stereocenters. The van der Waals surface area contributed by atoms with Crippen molar-refractivity contribution in [2.45, 2.75) is 77.3 Å². The third-order valence-electron chi connectivity index (χ3n) is 6.71. The first-order valence-electron chi connectivity index (χ1n) is 13.1. The summed E-state index contributed by atoms with van der Waals surface area (Å²) in [5.41, 5.74) is 1.34. The number of hydrogen-bond acceptors (Lipinski definition) is 6. The molecular formula is C27H41N5O. The zero-order valence-electron chi connectivity index (χ0n) is 20.3. The molecule has 0 saturated carbocycles. The quantitative estimate of drug-likeness (QED) is 0.430. The zero-order valence-corrected chi connectivity index (χ0v) is 20.3. The molecule has 6 nitrogen and oxygen atoms in total. The van der Waals surface area contributed by atoms with Gasteiger partial charge in [-0.15, -0.1) is 0 Å². The van der Waals surface area contributed by atoms with Gasteiger partial charge in [-0.2, -0.15) is 4.98 Å². The molecule has 2 aliphatic heterocycles. The van der Waals surface area contributed by atoms with Crippen molar-refractivity contribution in [2.75, 3.05) is 43.0 Å². The highest BCUT2D eigenvalue weighted by atomic mass is 16.5. The van der Waals surface area contributed by atoms with E-state index in [2.05, 4.69) is 51.3 Å². The smallest absolute Gasteiger partial charge is 0.224 e. The number of nitrogens with zero attached hydrogens (tertiary/aromatic N) is 4. The number of unbranched alkanes of at least 4 members (excludes halogenated alkanes) is 4. The number of benzene rings is 1. The second-order valence-electron chi connectivity index (χ2n) is 9.58. The third-order valence-corrected chi connectivity index (χ3v) is 6.71. The molecule has 0 atom stereocenters. The molecule has 0 spiro atoms. The molecule has 33 heavy (non-hydrogen) atoms. The van der Waals surface area contributed by atoms with Crippen LogP contribution in [-0.4, -0.2) is 53.7 Å². The lowest BCUT2D eigenvalue weighted by molar-refractivity contribution is 0.152. The zero-order chi connectivity index (χ0) is 22.7.